The Morgan fingerprint density at radius 2 is 2.00 bits per heavy atom. The van der Waals surface area contributed by atoms with Crippen LogP contribution in [0.15, 0.2) is 23.6 Å². The third kappa shape index (κ3) is 4.27. The van der Waals surface area contributed by atoms with Gasteiger partial charge in [-0.1, -0.05) is 6.07 Å². The van der Waals surface area contributed by atoms with Crippen LogP contribution >= 0.6 is 11.3 Å². The number of anilines is 2. The van der Waals surface area contributed by atoms with Crippen molar-refractivity contribution in [3.8, 4) is 0 Å². The van der Waals surface area contributed by atoms with E-state index in [2.05, 4.69) is 15.0 Å². The molecule has 1 aromatic carbocycles. The van der Waals surface area contributed by atoms with Gasteiger partial charge in [0, 0.05) is 10.9 Å². The highest BCUT2D eigenvalue weighted by molar-refractivity contribution is 7.92. The predicted molar refractivity (Wildman–Crippen MR) is 84.4 cm³/mol. The second-order valence-corrected chi connectivity index (χ2v) is 7.26. The summed E-state index contributed by atoms with van der Waals surface area (Å²) in [7, 11) is -3.39. The van der Waals surface area contributed by atoms with Crippen LogP contribution in [0, 0.1) is 13.8 Å². The largest absolute Gasteiger partial charge is 0.298 e. The van der Waals surface area contributed by atoms with E-state index in [0.717, 1.165) is 17.5 Å². The molecule has 6 nitrogen and oxygen atoms in total. The number of nitrogens with zero attached hydrogens (tertiary/aromatic N) is 1. The number of hydrogen-bond donors (Lipinski definition) is 2. The number of benzene rings is 1. The van der Waals surface area contributed by atoms with E-state index in [9.17, 15) is 13.2 Å². The molecule has 1 heterocycles. The van der Waals surface area contributed by atoms with Gasteiger partial charge in [-0.2, -0.15) is 0 Å². The van der Waals surface area contributed by atoms with Crippen LogP contribution in [0.2, 0.25) is 0 Å². The average molecular weight is 325 g/mol. The average Bonchev–Trinajstić information content (AvgIpc) is 2.75. The SMILES string of the molecule is Cc1csc(NC(=O)c2ccc(C)c(NS(C)(=O)=O)c2)n1. The van der Waals surface area contributed by atoms with Crippen molar-refractivity contribution < 1.29 is 13.2 Å². The van der Waals surface area contributed by atoms with E-state index in [1.165, 1.54) is 17.4 Å². The van der Waals surface area contributed by atoms with Gasteiger partial charge >= 0.3 is 0 Å². The Balaban J connectivity index is 2.23. The van der Waals surface area contributed by atoms with Crippen LogP contribution < -0.4 is 10.0 Å². The summed E-state index contributed by atoms with van der Waals surface area (Å²) in [6.07, 6.45) is 1.07. The summed E-state index contributed by atoms with van der Waals surface area (Å²) in [5.74, 6) is -0.332. The topological polar surface area (TPSA) is 88.2 Å². The Bertz CT molecular complexity index is 782. The van der Waals surface area contributed by atoms with Gasteiger partial charge in [0.15, 0.2) is 5.13 Å². The number of amides is 1. The molecule has 0 spiro atoms. The summed E-state index contributed by atoms with van der Waals surface area (Å²) in [6, 6.07) is 4.83. The van der Waals surface area contributed by atoms with E-state index >= 15 is 0 Å². The molecule has 0 unspecified atom stereocenters. The first kappa shape index (κ1) is 15.5. The van der Waals surface area contributed by atoms with Gasteiger partial charge in [0.2, 0.25) is 10.0 Å². The lowest BCUT2D eigenvalue weighted by atomic mass is 10.1. The number of nitrogens with one attached hydrogen (secondary N) is 2. The van der Waals surface area contributed by atoms with Gasteiger partial charge in [-0.15, -0.1) is 11.3 Å². The summed E-state index contributed by atoms with van der Waals surface area (Å²) >= 11 is 1.34. The summed E-state index contributed by atoms with van der Waals surface area (Å²) in [6.45, 7) is 3.60. The minimum Gasteiger partial charge on any atom is -0.298 e. The molecule has 0 aliphatic heterocycles. The van der Waals surface area contributed by atoms with Crippen molar-refractivity contribution in [2.24, 2.45) is 0 Å². The highest BCUT2D eigenvalue weighted by Gasteiger charge is 2.12. The quantitative estimate of drug-likeness (QED) is 0.903. The molecule has 0 atom stereocenters. The smallest absolute Gasteiger partial charge is 0.257 e. The van der Waals surface area contributed by atoms with E-state index in [-0.39, 0.29) is 5.91 Å². The molecule has 2 N–H and O–H groups in total. The number of carbonyl (C=O) groups is 1. The zero-order valence-electron chi connectivity index (χ0n) is 11.8. The first-order valence-electron chi connectivity index (χ1n) is 6.06. The fraction of sp³-hybridized carbons (Fsp3) is 0.231. The lowest BCUT2D eigenvalue weighted by Crippen LogP contribution is -2.14. The number of aryl methyl sites for hydroxylation is 2. The Hall–Kier alpha value is -1.93. The molecule has 1 aromatic heterocycles. The molecule has 21 heavy (non-hydrogen) atoms. The maximum absolute atomic E-state index is 12.1. The van der Waals surface area contributed by atoms with Crippen LogP contribution in [-0.4, -0.2) is 25.6 Å². The fourth-order valence-electron chi connectivity index (χ4n) is 1.65. The molecular formula is C13H15N3O3S2. The van der Waals surface area contributed by atoms with Crippen LogP contribution in [0.3, 0.4) is 0 Å². The summed E-state index contributed by atoms with van der Waals surface area (Å²) < 4.78 is 25.0. The van der Waals surface area contributed by atoms with Gasteiger partial charge in [-0.25, -0.2) is 13.4 Å². The monoisotopic (exact) mass is 325 g/mol. The van der Waals surface area contributed by atoms with E-state index in [1.807, 2.05) is 12.3 Å². The number of hydrogen-bond acceptors (Lipinski definition) is 5. The first-order chi connectivity index (χ1) is 9.74. The van der Waals surface area contributed by atoms with Gasteiger partial charge in [-0.3, -0.25) is 14.8 Å². The van der Waals surface area contributed by atoms with Crippen molar-refractivity contribution in [2.45, 2.75) is 13.8 Å². The van der Waals surface area contributed by atoms with E-state index in [4.69, 9.17) is 0 Å². The lowest BCUT2D eigenvalue weighted by Gasteiger charge is -2.09. The Morgan fingerprint density at radius 1 is 1.29 bits per heavy atom. The normalized spacial score (nSPS) is 11.2. The van der Waals surface area contributed by atoms with Crippen LogP contribution in [0.4, 0.5) is 10.8 Å². The number of sulfonamides is 1. The maximum atomic E-state index is 12.1. The zero-order chi connectivity index (χ0) is 15.6. The maximum Gasteiger partial charge on any atom is 0.257 e. The molecule has 0 saturated carbocycles. The molecule has 112 valence electrons. The molecule has 8 heteroatoms. The molecular weight excluding hydrogens is 310 g/mol. The molecule has 1 amide bonds. The standard InChI is InChI=1S/C13H15N3O3S2/c1-8-4-5-10(6-11(8)16-21(3,18)19)12(17)15-13-14-9(2)7-20-13/h4-7,16H,1-3H3,(H,14,15,17). The summed E-state index contributed by atoms with van der Waals surface area (Å²) in [5, 5.41) is 5.02. The van der Waals surface area contributed by atoms with Crippen LogP contribution in [0.5, 0.6) is 0 Å². The fourth-order valence-corrected chi connectivity index (χ4v) is 2.96. The molecule has 0 fully saturated rings. The zero-order valence-corrected chi connectivity index (χ0v) is 13.4. The van der Waals surface area contributed by atoms with Crippen LogP contribution in [0.25, 0.3) is 0 Å². The molecule has 0 saturated heterocycles. The minimum absolute atomic E-state index is 0.332. The number of rotatable bonds is 4. The van der Waals surface area contributed by atoms with E-state index in [0.29, 0.717) is 16.4 Å². The van der Waals surface area contributed by atoms with Crippen molar-refractivity contribution >= 4 is 38.1 Å². The van der Waals surface area contributed by atoms with Crippen molar-refractivity contribution in [3.63, 3.8) is 0 Å². The Labute approximate surface area is 127 Å². The first-order valence-corrected chi connectivity index (χ1v) is 8.83. The molecule has 2 aromatic rings. The Kier molecular flexibility index (Phi) is 4.29. The second kappa shape index (κ2) is 5.82. The highest BCUT2D eigenvalue weighted by atomic mass is 32.2. The Morgan fingerprint density at radius 3 is 2.57 bits per heavy atom. The number of aromatic nitrogens is 1. The molecule has 2 rings (SSSR count). The molecule has 0 aliphatic carbocycles. The van der Waals surface area contributed by atoms with Gasteiger partial charge in [-0.05, 0) is 31.5 Å². The number of carbonyl (C=O) groups excluding carboxylic acids is 1. The molecule has 0 bridgehead atoms. The summed E-state index contributed by atoms with van der Waals surface area (Å²) in [5.41, 5.74) is 2.32. The predicted octanol–water partition coefficient (Wildman–Crippen LogP) is 2.38. The van der Waals surface area contributed by atoms with Crippen molar-refractivity contribution in [2.75, 3.05) is 16.3 Å². The third-order valence-corrected chi connectivity index (χ3v) is 4.10. The van der Waals surface area contributed by atoms with Crippen LogP contribution in [-0.2, 0) is 10.0 Å². The summed E-state index contributed by atoms with van der Waals surface area (Å²) in [4.78, 5) is 16.3. The lowest BCUT2D eigenvalue weighted by molar-refractivity contribution is 0.102. The second-order valence-electron chi connectivity index (χ2n) is 4.65. The minimum atomic E-state index is -3.39. The highest BCUT2D eigenvalue weighted by Crippen LogP contribution is 2.20. The van der Waals surface area contributed by atoms with Gasteiger partial charge in [0.1, 0.15) is 0 Å². The van der Waals surface area contributed by atoms with Gasteiger partial charge < -0.3 is 0 Å². The van der Waals surface area contributed by atoms with E-state index < -0.39 is 10.0 Å². The molecule has 0 radical (unpaired) electrons. The van der Waals surface area contributed by atoms with Crippen molar-refractivity contribution in [3.05, 3.63) is 40.4 Å². The third-order valence-electron chi connectivity index (χ3n) is 2.63. The molecule has 0 aliphatic rings. The van der Waals surface area contributed by atoms with E-state index in [1.54, 1.807) is 19.1 Å². The van der Waals surface area contributed by atoms with Crippen molar-refractivity contribution in [1.29, 1.82) is 0 Å². The van der Waals surface area contributed by atoms with Gasteiger partial charge in [0.25, 0.3) is 5.91 Å². The van der Waals surface area contributed by atoms with Gasteiger partial charge in [0.05, 0.1) is 17.6 Å². The van der Waals surface area contributed by atoms with Crippen molar-refractivity contribution in [1.82, 2.24) is 4.98 Å². The van der Waals surface area contributed by atoms with Crippen LogP contribution in [0.1, 0.15) is 21.6 Å². The number of thiazole rings is 1.